The molecule has 1 saturated heterocycles. The monoisotopic (exact) mass is 265 g/mol. The first-order valence-electron chi connectivity index (χ1n) is 4.92. The lowest BCUT2D eigenvalue weighted by molar-refractivity contribution is 0.460. The van der Waals surface area contributed by atoms with Crippen LogP contribution in [0.3, 0.4) is 0 Å². The van der Waals surface area contributed by atoms with Gasteiger partial charge in [0.2, 0.25) is 0 Å². The molecule has 84 valence electrons. The van der Waals surface area contributed by atoms with Crippen molar-refractivity contribution in [2.75, 3.05) is 13.1 Å². The molecule has 0 bridgehead atoms. The second-order valence-electron chi connectivity index (χ2n) is 3.73. The van der Waals surface area contributed by atoms with Gasteiger partial charge in [-0.1, -0.05) is 23.2 Å². The van der Waals surface area contributed by atoms with Gasteiger partial charge in [-0.2, -0.15) is 0 Å². The minimum Gasteiger partial charge on any atom is -0.317 e. The summed E-state index contributed by atoms with van der Waals surface area (Å²) in [6.45, 7) is 2.18. The molecule has 1 N–H and O–H groups in total. The van der Waals surface area contributed by atoms with Crippen LogP contribution in [-0.2, 0) is 0 Å². The molecule has 1 fully saturated rings. The molecule has 1 aliphatic heterocycles. The Labute approximate surface area is 107 Å². The van der Waals surface area contributed by atoms with Gasteiger partial charge in [0.15, 0.2) is 0 Å². The van der Waals surface area contributed by atoms with Gasteiger partial charge in [0.05, 0.1) is 0 Å². The highest BCUT2D eigenvalue weighted by atomic mass is 35.5. The number of halogens is 3. The minimum absolute atomic E-state index is 0. The fourth-order valence-corrected chi connectivity index (χ4v) is 2.51. The number of nitrogens with one attached hydrogen (secondary N) is 1. The lowest BCUT2D eigenvalue weighted by atomic mass is 9.90. The van der Waals surface area contributed by atoms with E-state index in [0.29, 0.717) is 5.92 Å². The average molecular weight is 267 g/mol. The zero-order valence-electron chi connectivity index (χ0n) is 8.30. The Morgan fingerprint density at radius 2 is 1.53 bits per heavy atom. The highest BCUT2D eigenvalue weighted by Gasteiger charge is 2.15. The van der Waals surface area contributed by atoms with E-state index in [0.717, 1.165) is 23.1 Å². The maximum atomic E-state index is 5.97. The fraction of sp³-hybridized carbons (Fsp3) is 0.455. The molecule has 1 aromatic rings. The lowest BCUT2D eigenvalue weighted by Crippen LogP contribution is -2.26. The van der Waals surface area contributed by atoms with Crippen LogP contribution in [0.2, 0.25) is 10.0 Å². The molecule has 2 rings (SSSR count). The van der Waals surface area contributed by atoms with Crippen LogP contribution in [0.5, 0.6) is 0 Å². The molecule has 0 atom stereocenters. The molecule has 0 radical (unpaired) electrons. The van der Waals surface area contributed by atoms with E-state index in [1.165, 1.54) is 18.4 Å². The summed E-state index contributed by atoms with van der Waals surface area (Å²) in [4.78, 5) is 0. The molecule has 0 aromatic heterocycles. The maximum absolute atomic E-state index is 5.97. The largest absolute Gasteiger partial charge is 0.317 e. The molecule has 1 aromatic carbocycles. The molecule has 0 spiro atoms. The van der Waals surface area contributed by atoms with Crippen molar-refractivity contribution in [3.05, 3.63) is 33.8 Å². The van der Waals surface area contributed by atoms with Gasteiger partial charge in [0, 0.05) is 10.0 Å². The number of hydrogen-bond donors (Lipinski definition) is 1. The van der Waals surface area contributed by atoms with Crippen molar-refractivity contribution in [2.24, 2.45) is 0 Å². The Hall–Kier alpha value is 0.0500. The van der Waals surface area contributed by atoms with Crippen molar-refractivity contribution >= 4 is 35.6 Å². The van der Waals surface area contributed by atoms with E-state index in [-0.39, 0.29) is 12.4 Å². The van der Waals surface area contributed by atoms with Crippen LogP contribution in [0, 0.1) is 0 Å². The lowest BCUT2D eigenvalue weighted by Gasteiger charge is -2.23. The molecule has 0 aliphatic carbocycles. The topological polar surface area (TPSA) is 12.0 Å². The summed E-state index contributed by atoms with van der Waals surface area (Å²) in [6, 6.07) is 5.85. The summed E-state index contributed by atoms with van der Waals surface area (Å²) in [7, 11) is 0. The normalized spacial score (nSPS) is 17.2. The zero-order chi connectivity index (χ0) is 9.97. The summed E-state index contributed by atoms with van der Waals surface area (Å²) >= 11 is 11.9. The second-order valence-corrected chi connectivity index (χ2v) is 4.60. The van der Waals surface area contributed by atoms with Gasteiger partial charge < -0.3 is 5.32 Å². The molecule has 1 nitrogen and oxygen atoms in total. The Morgan fingerprint density at radius 1 is 1.00 bits per heavy atom. The Balaban J connectivity index is 0.00000112. The summed E-state index contributed by atoms with van der Waals surface area (Å²) in [6.07, 6.45) is 2.35. The maximum Gasteiger partial charge on any atom is 0.0423 e. The smallest absolute Gasteiger partial charge is 0.0423 e. The SMILES string of the molecule is Cl.Clc1cc(Cl)cc(C2CCNCC2)c1. The van der Waals surface area contributed by atoms with E-state index in [2.05, 4.69) is 5.32 Å². The van der Waals surface area contributed by atoms with Crippen LogP contribution in [0.4, 0.5) is 0 Å². The number of benzene rings is 1. The molecule has 1 aliphatic rings. The first-order valence-corrected chi connectivity index (χ1v) is 5.68. The summed E-state index contributed by atoms with van der Waals surface area (Å²) in [5.74, 6) is 0.618. The summed E-state index contributed by atoms with van der Waals surface area (Å²) in [5, 5.41) is 4.83. The summed E-state index contributed by atoms with van der Waals surface area (Å²) < 4.78 is 0. The highest BCUT2D eigenvalue weighted by molar-refractivity contribution is 6.34. The second kappa shape index (κ2) is 5.95. The van der Waals surface area contributed by atoms with E-state index in [1.54, 1.807) is 6.07 Å². The standard InChI is InChI=1S/C11H13Cl2N.ClH/c12-10-5-9(6-11(13)7-10)8-1-3-14-4-2-8;/h5-8,14H,1-4H2;1H. The third-order valence-electron chi connectivity index (χ3n) is 2.70. The van der Waals surface area contributed by atoms with E-state index in [1.807, 2.05) is 12.1 Å². The van der Waals surface area contributed by atoms with Crippen LogP contribution in [0.25, 0.3) is 0 Å². The van der Waals surface area contributed by atoms with Gasteiger partial charge in [-0.15, -0.1) is 12.4 Å². The number of piperidine rings is 1. The highest BCUT2D eigenvalue weighted by Crippen LogP contribution is 2.29. The van der Waals surface area contributed by atoms with Crippen molar-refractivity contribution in [3.8, 4) is 0 Å². The van der Waals surface area contributed by atoms with Crippen LogP contribution in [0.15, 0.2) is 18.2 Å². The first kappa shape index (κ1) is 13.1. The third kappa shape index (κ3) is 3.53. The molecule has 4 heteroatoms. The Kier molecular flexibility index (Phi) is 5.20. The molecular weight excluding hydrogens is 252 g/mol. The van der Waals surface area contributed by atoms with Gasteiger partial charge in [-0.25, -0.2) is 0 Å². The summed E-state index contributed by atoms with van der Waals surface area (Å²) in [5.41, 5.74) is 1.28. The van der Waals surface area contributed by atoms with Crippen LogP contribution < -0.4 is 5.32 Å². The fourth-order valence-electron chi connectivity index (χ4n) is 1.97. The minimum atomic E-state index is 0. The van der Waals surface area contributed by atoms with Gasteiger partial charge in [0.1, 0.15) is 0 Å². The van der Waals surface area contributed by atoms with Gasteiger partial charge >= 0.3 is 0 Å². The Morgan fingerprint density at radius 3 is 2.07 bits per heavy atom. The predicted molar refractivity (Wildman–Crippen MR) is 68.6 cm³/mol. The molecule has 1 heterocycles. The van der Waals surface area contributed by atoms with Gasteiger partial charge in [-0.05, 0) is 55.6 Å². The van der Waals surface area contributed by atoms with E-state index < -0.39 is 0 Å². The van der Waals surface area contributed by atoms with Crippen molar-refractivity contribution in [1.29, 1.82) is 0 Å². The van der Waals surface area contributed by atoms with E-state index in [9.17, 15) is 0 Å². The average Bonchev–Trinajstić information content (AvgIpc) is 2.18. The van der Waals surface area contributed by atoms with E-state index >= 15 is 0 Å². The van der Waals surface area contributed by atoms with Crippen molar-refractivity contribution in [2.45, 2.75) is 18.8 Å². The van der Waals surface area contributed by atoms with Crippen molar-refractivity contribution < 1.29 is 0 Å². The molecular formula is C11H14Cl3N. The molecule has 0 unspecified atom stereocenters. The third-order valence-corrected chi connectivity index (χ3v) is 3.13. The quantitative estimate of drug-likeness (QED) is 0.813. The molecule has 0 saturated carbocycles. The van der Waals surface area contributed by atoms with Crippen molar-refractivity contribution in [1.82, 2.24) is 5.32 Å². The first-order chi connectivity index (χ1) is 6.75. The zero-order valence-corrected chi connectivity index (χ0v) is 10.6. The van der Waals surface area contributed by atoms with E-state index in [4.69, 9.17) is 23.2 Å². The van der Waals surface area contributed by atoms with Crippen molar-refractivity contribution in [3.63, 3.8) is 0 Å². The van der Waals surface area contributed by atoms with Crippen LogP contribution in [0.1, 0.15) is 24.3 Å². The van der Waals surface area contributed by atoms with Gasteiger partial charge in [-0.3, -0.25) is 0 Å². The number of rotatable bonds is 1. The number of hydrogen-bond acceptors (Lipinski definition) is 1. The van der Waals surface area contributed by atoms with Crippen LogP contribution >= 0.6 is 35.6 Å². The molecule has 0 amide bonds. The van der Waals surface area contributed by atoms with Crippen LogP contribution in [-0.4, -0.2) is 13.1 Å². The van der Waals surface area contributed by atoms with Gasteiger partial charge in [0.25, 0.3) is 0 Å². The Bertz CT molecular complexity index is 301. The molecule has 15 heavy (non-hydrogen) atoms. The predicted octanol–water partition coefficient (Wildman–Crippen LogP) is 3.88.